The van der Waals surface area contributed by atoms with Crippen LogP contribution < -0.4 is 0 Å². The molecule has 176 valence electrons. The van der Waals surface area contributed by atoms with Crippen molar-refractivity contribution in [1.29, 1.82) is 0 Å². The van der Waals surface area contributed by atoms with E-state index < -0.39 is 10.0 Å². The smallest absolute Gasteiger partial charge is 0.254 e. The van der Waals surface area contributed by atoms with Gasteiger partial charge in [-0.15, -0.1) is 10.2 Å². The summed E-state index contributed by atoms with van der Waals surface area (Å²) in [6.07, 6.45) is 0.700. The lowest BCUT2D eigenvalue weighted by Gasteiger charge is -2.23. The molecule has 33 heavy (non-hydrogen) atoms. The van der Waals surface area contributed by atoms with Gasteiger partial charge in [-0.3, -0.25) is 4.79 Å². The molecule has 3 aromatic rings. The summed E-state index contributed by atoms with van der Waals surface area (Å²) in [6, 6.07) is 13.0. The van der Waals surface area contributed by atoms with Crippen molar-refractivity contribution in [2.24, 2.45) is 0 Å². The molecule has 0 saturated heterocycles. The van der Waals surface area contributed by atoms with Crippen LogP contribution in [0.4, 0.5) is 0 Å². The Hall–Kier alpha value is -2.75. The molecule has 1 heterocycles. The lowest BCUT2D eigenvalue weighted by Crippen LogP contribution is -2.34. The van der Waals surface area contributed by atoms with Crippen LogP contribution in [0.25, 0.3) is 11.5 Å². The van der Waals surface area contributed by atoms with Crippen molar-refractivity contribution in [3.63, 3.8) is 0 Å². The fourth-order valence-electron chi connectivity index (χ4n) is 3.16. The third-order valence-corrected chi connectivity index (χ3v) is 7.52. The monoisotopic (exact) mass is 490 g/mol. The molecule has 1 aromatic heterocycles. The predicted octanol–water partition coefficient (Wildman–Crippen LogP) is 4.47. The average Bonchev–Trinajstić information content (AvgIpc) is 3.26. The zero-order valence-electron chi connectivity index (χ0n) is 19.0. The quantitative estimate of drug-likeness (QED) is 0.439. The van der Waals surface area contributed by atoms with Gasteiger partial charge in [0.05, 0.1) is 22.0 Å². The molecule has 0 radical (unpaired) electrons. The first kappa shape index (κ1) is 24.9. The van der Waals surface area contributed by atoms with Crippen LogP contribution in [-0.4, -0.2) is 53.4 Å². The van der Waals surface area contributed by atoms with Crippen LogP contribution in [0.1, 0.15) is 43.4 Å². The van der Waals surface area contributed by atoms with Gasteiger partial charge in [0, 0.05) is 25.2 Å². The van der Waals surface area contributed by atoms with Crippen LogP contribution in [0.15, 0.2) is 57.8 Å². The molecule has 0 bridgehead atoms. The van der Waals surface area contributed by atoms with Crippen molar-refractivity contribution in [3.05, 3.63) is 65.0 Å². The highest BCUT2D eigenvalue weighted by Gasteiger charge is 2.25. The second kappa shape index (κ2) is 10.5. The molecule has 2 aromatic carbocycles. The third kappa shape index (κ3) is 5.61. The minimum atomic E-state index is -3.71. The highest BCUT2D eigenvalue weighted by Crippen LogP contribution is 2.26. The summed E-state index contributed by atoms with van der Waals surface area (Å²) >= 11 is 6.20. The van der Waals surface area contributed by atoms with Gasteiger partial charge < -0.3 is 9.32 Å². The summed E-state index contributed by atoms with van der Waals surface area (Å²) in [5.41, 5.74) is 0.881. The summed E-state index contributed by atoms with van der Waals surface area (Å²) in [7, 11) is -2.20. The lowest BCUT2D eigenvalue weighted by molar-refractivity contribution is 0.0728. The van der Waals surface area contributed by atoms with E-state index in [-0.39, 0.29) is 40.7 Å². The Morgan fingerprint density at radius 2 is 1.85 bits per heavy atom. The van der Waals surface area contributed by atoms with E-state index >= 15 is 0 Å². The number of aromatic nitrogens is 2. The first-order valence-electron chi connectivity index (χ1n) is 10.6. The molecule has 1 amide bonds. The number of halogens is 1. The number of carbonyl (C=O) groups is 1. The molecule has 0 atom stereocenters. The van der Waals surface area contributed by atoms with Crippen molar-refractivity contribution < 1.29 is 17.6 Å². The fraction of sp³-hybridized carbons (Fsp3) is 0.348. The Morgan fingerprint density at radius 3 is 2.52 bits per heavy atom. The van der Waals surface area contributed by atoms with Crippen molar-refractivity contribution in [2.75, 3.05) is 13.6 Å². The number of rotatable bonds is 9. The van der Waals surface area contributed by atoms with E-state index in [0.717, 1.165) is 0 Å². The van der Waals surface area contributed by atoms with Gasteiger partial charge in [0.2, 0.25) is 21.8 Å². The number of amides is 1. The largest absolute Gasteiger partial charge is 0.419 e. The minimum absolute atomic E-state index is 0.0693. The summed E-state index contributed by atoms with van der Waals surface area (Å²) < 4.78 is 32.7. The van der Waals surface area contributed by atoms with Crippen LogP contribution in [0.3, 0.4) is 0 Å². The van der Waals surface area contributed by atoms with E-state index in [2.05, 4.69) is 10.2 Å². The summed E-state index contributed by atoms with van der Waals surface area (Å²) in [4.78, 5) is 14.9. The fourth-order valence-corrected chi connectivity index (χ4v) is 4.79. The standard InChI is InChI=1S/C23H27ClN4O4S/c1-5-13-28(15-21-25-26-22(32-21)19-11-6-7-12-20(19)24)23(29)17-9-8-10-18(14-17)33(30,31)27(4)16(2)3/h6-12,14,16H,5,13,15H2,1-4H3. The van der Waals surface area contributed by atoms with E-state index in [1.807, 2.05) is 13.0 Å². The second-order valence-electron chi connectivity index (χ2n) is 7.85. The molecule has 0 unspecified atom stereocenters. The molecule has 0 N–H and O–H groups in total. The minimum Gasteiger partial charge on any atom is -0.419 e. The Balaban J connectivity index is 1.85. The van der Waals surface area contributed by atoms with E-state index in [1.54, 1.807) is 49.1 Å². The first-order chi connectivity index (χ1) is 15.6. The highest BCUT2D eigenvalue weighted by molar-refractivity contribution is 7.89. The summed E-state index contributed by atoms with van der Waals surface area (Å²) in [6.45, 7) is 6.05. The van der Waals surface area contributed by atoms with Crippen LogP contribution in [-0.2, 0) is 16.6 Å². The maximum Gasteiger partial charge on any atom is 0.254 e. The predicted molar refractivity (Wildman–Crippen MR) is 126 cm³/mol. The average molecular weight is 491 g/mol. The van der Waals surface area contributed by atoms with Crippen LogP contribution >= 0.6 is 11.6 Å². The maximum atomic E-state index is 13.3. The van der Waals surface area contributed by atoms with Crippen LogP contribution in [0.5, 0.6) is 0 Å². The molecule has 3 rings (SSSR count). The first-order valence-corrected chi connectivity index (χ1v) is 12.4. The van der Waals surface area contributed by atoms with Crippen molar-refractivity contribution in [1.82, 2.24) is 19.4 Å². The Kier molecular flexibility index (Phi) is 7.88. The normalized spacial score (nSPS) is 11.8. The Morgan fingerprint density at radius 1 is 1.12 bits per heavy atom. The maximum absolute atomic E-state index is 13.3. The number of benzene rings is 2. The lowest BCUT2D eigenvalue weighted by atomic mass is 10.2. The van der Waals surface area contributed by atoms with Gasteiger partial charge in [-0.1, -0.05) is 36.7 Å². The molecule has 10 heteroatoms. The Labute approximate surface area is 199 Å². The van der Waals surface area contributed by atoms with Gasteiger partial charge >= 0.3 is 0 Å². The molecular weight excluding hydrogens is 464 g/mol. The Bertz CT molecular complexity index is 1230. The van der Waals surface area contributed by atoms with Crippen molar-refractivity contribution in [2.45, 2.75) is 44.7 Å². The van der Waals surface area contributed by atoms with Crippen LogP contribution in [0.2, 0.25) is 5.02 Å². The number of hydrogen-bond acceptors (Lipinski definition) is 6. The second-order valence-corrected chi connectivity index (χ2v) is 10.3. The van der Waals surface area contributed by atoms with E-state index in [0.29, 0.717) is 23.6 Å². The van der Waals surface area contributed by atoms with Gasteiger partial charge in [0.1, 0.15) is 0 Å². The SMILES string of the molecule is CCCN(Cc1nnc(-c2ccccc2Cl)o1)C(=O)c1cccc(S(=O)(=O)N(C)C(C)C)c1. The molecule has 0 aliphatic carbocycles. The number of nitrogens with zero attached hydrogens (tertiary/aromatic N) is 4. The molecule has 0 fully saturated rings. The molecule has 0 spiro atoms. The van der Waals surface area contributed by atoms with Crippen molar-refractivity contribution in [3.8, 4) is 11.5 Å². The molecule has 0 saturated carbocycles. The topological polar surface area (TPSA) is 96.6 Å². The number of carbonyl (C=O) groups excluding carboxylic acids is 1. The van der Waals surface area contributed by atoms with Gasteiger partial charge in [-0.25, -0.2) is 8.42 Å². The number of sulfonamides is 1. The summed E-state index contributed by atoms with van der Waals surface area (Å²) in [5, 5.41) is 8.60. The molecular formula is C23H27ClN4O4S. The summed E-state index contributed by atoms with van der Waals surface area (Å²) in [5.74, 6) is 0.206. The van der Waals surface area contributed by atoms with E-state index in [9.17, 15) is 13.2 Å². The van der Waals surface area contributed by atoms with Gasteiger partial charge in [-0.2, -0.15) is 4.31 Å². The van der Waals surface area contributed by atoms with Gasteiger partial charge in [0.25, 0.3) is 5.91 Å². The van der Waals surface area contributed by atoms with E-state index in [1.165, 1.54) is 23.5 Å². The van der Waals surface area contributed by atoms with Crippen molar-refractivity contribution >= 4 is 27.5 Å². The number of hydrogen-bond donors (Lipinski definition) is 0. The van der Waals surface area contributed by atoms with Crippen LogP contribution in [0, 0.1) is 0 Å². The highest BCUT2D eigenvalue weighted by atomic mass is 35.5. The van der Waals surface area contributed by atoms with E-state index in [4.69, 9.17) is 16.0 Å². The third-order valence-electron chi connectivity index (χ3n) is 5.16. The molecule has 0 aliphatic heterocycles. The zero-order valence-corrected chi connectivity index (χ0v) is 20.6. The molecule has 0 aliphatic rings. The molecule has 8 nitrogen and oxygen atoms in total. The van der Waals surface area contributed by atoms with Gasteiger partial charge in [-0.05, 0) is 50.6 Å². The van der Waals surface area contributed by atoms with Gasteiger partial charge in [0.15, 0.2) is 0 Å². The zero-order chi connectivity index (χ0) is 24.2.